The van der Waals surface area contributed by atoms with Crippen molar-refractivity contribution >= 4 is 5.91 Å². The number of carbonyl (C=O) groups excluding carboxylic acids is 1. The minimum atomic E-state index is 0.00390. The summed E-state index contributed by atoms with van der Waals surface area (Å²) in [6, 6.07) is 19.5. The summed E-state index contributed by atoms with van der Waals surface area (Å²) in [4.78, 5) is 19.5. The molecule has 0 saturated heterocycles. The van der Waals surface area contributed by atoms with Crippen molar-refractivity contribution in [3.8, 4) is 17.0 Å². The van der Waals surface area contributed by atoms with E-state index in [4.69, 9.17) is 4.74 Å². The molecule has 0 atom stereocenters. The minimum Gasteiger partial charge on any atom is -0.491 e. The second-order valence-corrected chi connectivity index (χ2v) is 6.45. The van der Waals surface area contributed by atoms with Crippen molar-refractivity contribution in [3.63, 3.8) is 0 Å². The van der Waals surface area contributed by atoms with Gasteiger partial charge in [0.15, 0.2) is 0 Å². The molecule has 0 radical (unpaired) electrons. The van der Waals surface area contributed by atoms with Crippen molar-refractivity contribution in [2.24, 2.45) is 0 Å². The molecular weight excluding hydrogens is 324 g/mol. The molecule has 3 aromatic rings. The maximum atomic E-state index is 13.3. The molecule has 0 saturated carbocycles. The molecule has 0 aliphatic carbocycles. The van der Waals surface area contributed by atoms with E-state index in [0.29, 0.717) is 25.3 Å². The quantitative estimate of drug-likeness (QED) is 0.703. The van der Waals surface area contributed by atoms with Crippen molar-refractivity contribution in [1.29, 1.82) is 0 Å². The minimum absolute atomic E-state index is 0.00390. The fourth-order valence-corrected chi connectivity index (χ4v) is 3.28. The molecule has 4 heteroatoms. The van der Waals surface area contributed by atoms with E-state index in [0.717, 1.165) is 28.1 Å². The number of fused-ring (bicyclic) bond motifs is 1. The Balaban J connectivity index is 1.68. The number of nitrogens with zero attached hydrogens (tertiary/aromatic N) is 2. The van der Waals surface area contributed by atoms with Crippen LogP contribution in [0.15, 0.2) is 66.9 Å². The fraction of sp³-hybridized carbons (Fsp3) is 0.182. The Morgan fingerprint density at radius 3 is 2.77 bits per heavy atom. The van der Waals surface area contributed by atoms with E-state index in [1.54, 1.807) is 6.20 Å². The predicted molar refractivity (Wildman–Crippen MR) is 101 cm³/mol. The first-order valence-electron chi connectivity index (χ1n) is 8.74. The Kier molecular flexibility index (Phi) is 4.40. The molecule has 0 unspecified atom stereocenters. The van der Waals surface area contributed by atoms with Crippen molar-refractivity contribution in [2.75, 3.05) is 13.2 Å². The van der Waals surface area contributed by atoms with Gasteiger partial charge in [0.05, 0.1) is 12.2 Å². The molecule has 2 aromatic carbocycles. The van der Waals surface area contributed by atoms with Gasteiger partial charge in [0.2, 0.25) is 0 Å². The fourth-order valence-electron chi connectivity index (χ4n) is 3.28. The highest BCUT2D eigenvalue weighted by atomic mass is 16.5. The van der Waals surface area contributed by atoms with Crippen LogP contribution in [-0.2, 0) is 6.54 Å². The van der Waals surface area contributed by atoms with Gasteiger partial charge >= 0.3 is 0 Å². The normalized spacial score (nSPS) is 13.5. The Labute approximate surface area is 153 Å². The zero-order valence-corrected chi connectivity index (χ0v) is 14.7. The number of hydrogen-bond donors (Lipinski definition) is 0. The third-order valence-electron chi connectivity index (χ3n) is 4.58. The van der Waals surface area contributed by atoms with E-state index in [1.165, 1.54) is 0 Å². The first-order chi connectivity index (χ1) is 12.7. The third kappa shape index (κ3) is 3.18. The lowest BCUT2D eigenvalue weighted by atomic mass is 10.0. The van der Waals surface area contributed by atoms with E-state index < -0.39 is 0 Å². The van der Waals surface area contributed by atoms with E-state index in [2.05, 4.69) is 11.1 Å². The highest BCUT2D eigenvalue weighted by Gasteiger charge is 2.23. The zero-order chi connectivity index (χ0) is 17.9. The molecule has 0 N–H and O–H groups in total. The summed E-state index contributed by atoms with van der Waals surface area (Å²) >= 11 is 0. The second-order valence-electron chi connectivity index (χ2n) is 6.45. The summed E-state index contributed by atoms with van der Waals surface area (Å²) in [7, 11) is 0. The number of benzene rings is 2. The molecule has 130 valence electrons. The first kappa shape index (κ1) is 16.3. The van der Waals surface area contributed by atoms with Gasteiger partial charge in [-0.15, -0.1) is 0 Å². The van der Waals surface area contributed by atoms with E-state index in [1.807, 2.05) is 66.4 Å². The average Bonchev–Trinajstić information content (AvgIpc) is 2.90. The van der Waals surface area contributed by atoms with Crippen LogP contribution in [0.2, 0.25) is 0 Å². The Hall–Kier alpha value is -3.14. The molecule has 26 heavy (non-hydrogen) atoms. The molecule has 4 rings (SSSR count). The van der Waals surface area contributed by atoms with E-state index in [-0.39, 0.29) is 5.91 Å². The van der Waals surface area contributed by atoms with Gasteiger partial charge in [-0.2, -0.15) is 0 Å². The average molecular weight is 344 g/mol. The zero-order valence-electron chi connectivity index (χ0n) is 14.7. The number of aromatic nitrogens is 1. The number of amides is 1. The topological polar surface area (TPSA) is 42.4 Å². The van der Waals surface area contributed by atoms with Crippen LogP contribution in [0.5, 0.6) is 5.75 Å². The van der Waals surface area contributed by atoms with Crippen LogP contribution in [-0.4, -0.2) is 28.9 Å². The molecular formula is C22H20N2O2. The number of carbonyl (C=O) groups is 1. The lowest BCUT2D eigenvalue weighted by Gasteiger charge is -2.21. The first-order valence-corrected chi connectivity index (χ1v) is 8.74. The molecule has 1 aliphatic rings. The highest BCUT2D eigenvalue weighted by molar-refractivity contribution is 6.00. The Bertz CT molecular complexity index is 938. The second kappa shape index (κ2) is 7.00. The van der Waals surface area contributed by atoms with E-state index >= 15 is 0 Å². The molecule has 1 aliphatic heterocycles. The van der Waals surface area contributed by atoms with Crippen LogP contribution in [0.3, 0.4) is 0 Å². The number of pyridine rings is 1. The van der Waals surface area contributed by atoms with Crippen molar-refractivity contribution in [3.05, 3.63) is 83.6 Å². The summed E-state index contributed by atoms with van der Waals surface area (Å²) < 4.78 is 5.83. The third-order valence-corrected chi connectivity index (χ3v) is 4.58. The monoisotopic (exact) mass is 344 g/mol. The number of rotatable bonds is 2. The van der Waals surface area contributed by atoms with Gasteiger partial charge in [-0.05, 0) is 31.2 Å². The van der Waals surface area contributed by atoms with E-state index in [9.17, 15) is 4.79 Å². The molecule has 1 aromatic heterocycles. The van der Waals surface area contributed by atoms with Gasteiger partial charge < -0.3 is 9.64 Å². The SMILES string of the molecule is Cc1ccc2c(c1)CN(C(=O)c1ccccc1-c1ccccn1)CCO2. The number of hydrogen-bond acceptors (Lipinski definition) is 3. The number of aryl methyl sites for hydroxylation is 1. The van der Waals surface area contributed by atoms with Crippen LogP contribution in [0.4, 0.5) is 0 Å². The largest absolute Gasteiger partial charge is 0.491 e. The van der Waals surface area contributed by atoms with Gasteiger partial charge in [-0.3, -0.25) is 9.78 Å². The lowest BCUT2D eigenvalue weighted by Crippen LogP contribution is -2.32. The lowest BCUT2D eigenvalue weighted by molar-refractivity contribution is 0.0734. The van der Waals surface area contributed by atoms with Crippen LogP contribution < -0.4 is 4.74 Å². The van der Waals surface area contributed by atoms with Crippen LogP contribution in [0.25, 0.3) is 11.3 Å². The molecule has 2 heterocycles. The summed E-state index contributed by atoms with van der Waals surface area (Å²) in [6.07, 6.45) is 1.75. The highest BCUT2D eigenvalue weighted by Crippen LogP contribution is 2.27. The summed E-state index contributed by atoms with van der Waals surface area (Å²) in [6.45, 7) is 3.65. The van der Waals surface area contributed by atoms with Gasteiger partial charge in [0, 0.05) is 29.4 Å². The molecule has 0 spiro atoms. The van der Waals surface area contributed by atoms with Gasteiger partial charge in [-0.25, -0.2) is 0 Å². The standard InChI is InChI=1S/C22H20N2O2/c1-16-9-10-21-17(14-16)15-24(12-13-26-21)22(25)19-7-3-2-6-18(19)20-8-4-5-11-23-20/h2-11,14H,12-13,15H2,1H3. The maximum absolute atomic E-state index is 13.3. The molecule has 0 fully saturated rings. The molecule has 0 bridgehead atoms. The van der Waals surface area contributed by atoms with Crippen LogP contribution in [0, 0.1) is 6.92 Å². The van der Waals surface area contributed by atoms with Gasteiger partial charge in [-0.1, -0.05) is 42.0 Å². The molecule has 4 nitrogen and oxygen atoms in total. The van der Waals surface area contributed by atoms with Gasteiger partial charge in [0.25, 0.3) is 5.91 Å². The number of ether oxygens (including phenoxy) is 1. The summed E-state index contributed by atoms with van der Waals surface area (Å²) in [5.41, 5.74) is 4.54. The van der Waals surface area contributed by atoms with Crippen molar-refractivity contribution < 1.29 is 9.53 Å². The maximum Gasteiger partial charge on any atom is 0.254 e. The summed E-state index contributed by atoms with van der Waals surface area (Å²) in [5, 5.41) is 0. The van der Waals surface area contributed by atoms with Crippen molar-refractivity contribution in [1.82, 2.24) is 9.88 Å². The van der Waals surface area contributed by atoms with Crippen molar-refractivity contribution in [2.45, 2.75) is 13.5 Å². The predicted octanol–water partition coefficient (Wildman–Crippen LogP) is 4.09. The Morgan fingerprint density at radius 1 is 1.08 bits per heavy atom. The summed E-state index contributed by atoms with van der Waals surface area (Å²) in [5.74, 6) is 0.869. The van der Waals surface area contributed by atoms with Crippen LogP contribution >= 0.6 is 0 Å². The van der Waals surface area contributed by atoms with Crippen LogP contribution in [0.1, 0.15) is 21.5 Å². The molecule has 1 amide bonds. The smallest absolute Gasteiger partial charge is 0.254 e. The Morgan fingerprint density at radius 2 is 1.92 bits per heavy atom. The van der Waals surface area contributed by atoms with Gasteiger partial charge in [0.1, 0.15) is 12.4 Å².